The number of thiazole rings is 1. The number of imidazole rings is 1. The maximum absolute atomic E-state index is 13.5. The zero-order valence-electron chi connectivity index (χ0n) is 16.2. The molecule has 4 aromatic rings. The number of aryl methyl sites for hydroxylation is 1. The number of amides is 1. The molecule has 30 heavy (non-hydrogen) atoms. The minimum Gasteiger partial charge on any atom is -0.325 e. The largest absolute Gasteiger partial charge is 0.325 e. The molecular weight excluding hydrogens is 419 g/mol. The minimum absolute atomic E-state index is 0.0838. The van der Waals surface area contributed by atoms with Crippen LogP contribution < -0.4 is 5.32 Å². The van der Waals surface area contributed by atoms with Gasteiger partial charge in [-0.15, -0.1) is 11.3 Å². The standard InChI is InChI=1S/C22H19FN4OS2/c1-15-5-2-3-8-19(15)26-20(28)12-21-25-17(13-29-21)14-30-22-24-9-10-27(22)18-7-4-6-16(23)11-18/h2-11,13H,12,14H2,1H3,(H,26,28). The van der Waals surface area contributed by atoms with Crippen LogP contribution in [-0.4, -0.2) is 20.4 Å². The monoisotopic (exact) mass is 438 g/mol. The van der Waals surface area contributed by atoms with E-state index >= 15 is 0 Å². The van der Waals surface area contributed by atoms with Gasteiger partial charge in [0.2, 0.25) is 5.91 Å². The minimum atomic E-state index is -0.287. The van der Waals surface area contributed by atoms with E-state index in [0.29, 0.717) is 5.75 Å². The van der Waals surface area contributed by atoms with Crippen LogP contribution in [0.2, 0.25) is 0 Å². The molecule has 0 saturated heterocycles. The van der Waals surface area contributed by atoms with E-state index < -0.39 is 0 Å². The third-order valence-electron chi connectivity index (χ3n) is 4.37. The first-order valence-corrected chi connectivity index (χ1v) is 11.2. The van der Waals surface area contributed by atoms with Crippen molar-refractivity contribution in [3.63, 3.8) is 0 Å². The highest BCUT2D eigenvalue weighted by atomic mass is 32.2. The van der Waals surface area contributed by atoms with Crippen molar-refractivity contribution >= 4 is 34.7 Å². The highest BCUT2D eigenvalue weighted by Crippen LogP contribution is 2.25. The summed E-state index contributed by atoms with van der Waals surface area (Å²) in [5.41, 5.74) is 3.45. The van der Waals surface area contributed by atoms with Gasteiger partial charge in [-0.2, -0.15) is 0 Å². The van der Waals surface area contributed by atoms with Crippen LogP contribution in [0, 0.1) is 12.7 Å². The number of hydrogen-bond acceptors (Lipinski definition) is 5. The molecule has 1 N–H and O–H groups in total. The van der Waals surface area contributed by atoms with Crippen molar-refractivity contribution in [2.45, 2.75) is 24.3 Å². The number of anilines is 1. The number of nitrogens with zero attached hydrogens (tertiary/aromatic N) is 3. The van der Waals surface area contributed by atoms with Gasteiger partial charge in [-0.3, -0.25) is 9.36 Å². The highest BCUT2D eigenvalue weighted by Gasteiger charge is 2.12. The second-order valence-corrected chi connectivity index (χ2v) is 8.51. The Morgan fingerprint density at radius 3 is 2.93 bits per heavy atom. The van der Waals surface area contributed by atoms with Crippen molar-refractivity contribution in [2.75, 3.05) is 5.32 Å². The molecular formula is C22H19FN4OS2. The summed E-state index contributed by atoms with van der Waals surface area (Å²) in [4.78, 5) is 21.3. The molecule has 4 rings (SSSR count). The van der Waals surface area contributed by atoms with Gasteiger partial charge in [-0.05, 0) is 36.8 Å². The SMILES string of the molecule is Cc1ccccc1NC(=O)Cc1nc(CSc2nccn2-c2cccc(F)c2)cs1. The Hall–Kier alpha value is -2.97. The summed E-state index contributed by atoms with van der Waals surface area (Å²) in [5.74, 6) is 0.243. The number of nitrogens with one attached hydrogen (secondary N) is 1. The Kier molecular flexibility index (Phi) is 6.25. The number of para-hydroxylation sites is 1. The lowest BCUT2D eigenvalue weighted by Gasteiger charge is -2.07. The molecule has 2 aromatic heterocycles. The molecule has 0 radical (unpaired) electrons. The first-order valence-electron chi connectivity index (χ1n) is 9.29. The van der Waals surface area contributed by atoms with Crippen LogP contribution >= 0.6 is 23.1 Å². The number of carbonyl (C=O) groups is 1. The maximum atomic E-state index is 13.5. The van der Waals surface area contributed by atoms with Crippen LogP contribution in [0.1, 0.15) is 16.3 Å². The molecule has 2 heterocycles. The molecule has 0 fully saturated rings. The Bertz CT molecular complexity index is 1170. The summed E-state index contributed by atoms with van der Waals surface area (Å²) in [6.07, 6.45) is 3.73. The molecule has 0 unspecified atom stereocenters. The summed E-state index contributed by atoms with van der Waals surface area (Å²) < 4.78 is 15.4. The van der Waals surface area contributed by atoms with Crippen molar-refractivity contribution in [3.8, 4) is 5.69 Å². The van der Waals surface area contributed by atoms with Gasteiger partial charge in [-0.1, -0.05) is 36.0 Å². The van der Waals surface area contributed by atoms with Crippen LogP contribution in [0.5, 0.6) is 0 Å². The number of hydrogen-bond donors (Lipinski definition) is 1. The molecule has 5 nitrogen and oxygen atoms in total. The molecule has 0 atom stereocenters. The molecule has 2 aromatic carbocycles. The van der Waals surface area contributed by atoms with Crippen molar-refractivity contribution in [1.29, 1.82) is 0 Å². The van der Waals surface area contributed by atoms with E-state index in [-0.39, 0.29) is 18.1 Å². The van der Waals surface area contributed by atoms with E-state index in [0.717, 1.165) is 32.8 Å². The summed E-state index contributed by atoms with van der Waals surface area (Å²) in [5, 5.41) is 6.41. The summed E-state index contributed by atoms with van der Waals surface area (Å²) in [7, 11) is 0. The van der Waals surface area contributed by atoms with E-state index in [9.17, 15) is 9.18 Å². The summed E-state index contributed by atoms with van der Waals surface area (Å²) >= 11 is 2.99. The van der Waals surface area contributed by atoms with Crippen molar-refractivity contribution < 1.29 is 9.18 Å². The van der Waals surface area contributed by atoms with Gasteiger partial charge in [-0.25, -0.2) is 14.4 Å². The van der Waals surface area contributed by atoms with E-state index in [1.165, 1.54) is 35.2 Å². The van der Waals surface area contributed by atoms with Crippen molar-refractivity contribution in [1.82, 2.24) is 14.5 Å². The molecule has 1 amide bonds. The van der Waals surface area contributed by atoms with Gasteiger partial charge in [0, 0.05) is 29.2 Å². The summed E-state index contributed by atoms with van der Waals surface area (Å²) in [6.45, 7) is 1.96. The third kappa shape index (κ3) is 4.95. The van der Waals surface area contributed by atoms with Crippen molar-refractivity contribution in [3.05, 3.63) is 88.4 Å². The molecule has 0 bridgehead atoms. The molecule has 0 aliphatic carbocycles. The van der Waals surface area contributed by atoms with Crippen molar-refractivity contribution in [2.24, 2.45) is 0 Å². The average molecular weight is 439 g/mol. The topological polar surface area (TPSA) is 59.8 Å². The second kappa shape index (κ2) is 9.23. The fourth-order valence-electron chi connectivity index (χ4n) is 2.90. The lowest BCUT2D eigenvalue weighted by molar-refractivity contribution is -0.115. The van der Waals surface area contributed by atoms with E-state index in [1.54, 1.807) is 18.5 Å². The lowest BCUT2D eigenvalue weighted by atomic mass is 10.2. The van der Waals surface area contributed by atoms with Gasteiger partial charge < -0.3 is 5.32 Å². The maximum Gasteiger partial charge on any atom is 0.231 e. The molecule has 0 aliphatic heterocycles. The molecule has 8 heteroatoms. The van der Waals surface area contributed by atoms with Crippen LogP contribution in [0.25, 0.3) is 5.69 Å². The van der Waals surface area contributed by atoms with Crippen LogP contribution in [0.15, 0.2) is 71.5 Å². The Morgan fingerprint density at radius 1 is 1.23 bits per heavy atom. The quantitative estimate of drug-likeness (QED) is 0.401. The fourth-order valence-corrected chi connectivity index (χ4v) is 4.66. The second-order valence-electron chi connectivity index (χ2n) is 6.62. The number of aromatic nitrogens is 3. The molecule has 0 aliphatic rings. The van der Waals surface area contributed by atoms with Gasteiger partial charge >= 0.3 is 0 Å². The molecule has 0 saturated carbocycles. The Labute approximate surface area is 182 Å². The predicted molar refractivity (Wildman–Crippen MR) is 119 cm³/mol. The molecule has 0 spiro atoms. The third-order valence-corrected chi connectivity index (χ3v) is 6.27. The number of halogens is 1. The number of thioether (sulfide) groups is 1. The number of carbonyl (C=O) groups excluding carboxylic acids is 1. The first-order chi connectivity index (χ1) is 14.6. The fraction of sp³-hybridized carbons (Fsp3) is 0.136. The van der Waals surface area contributed by atoms with Gasteiger partial charge in [0.1, 0.15) is 10.8 Å². The Morgan fingerprint density at radius 2 is 2.10 bits per heavy atom. The molecule has 152 valence electrons. The average Bonchev–Trinajstić information content (AvgIpc) is 3.37. The summed E-state index contributed by atoms with van der Waals surface area (Å²) in [6, 6.07) is 14.1. The Balaban J connectivity index is 1.36. The lowest BCUT2D eigenvalue weighted by Crippen LogP contribution is -2.15. The number of rotatable bonds is 7. The van der Waals surface area contributed by atoms with Crippen LogP contribution in [0.3, 0.4) is 0 Å². The van der Waals surface area contributed by atoms with E-state index in [4.69, 9.17) is 0 Å². The first kappa shape index (κ1) is 20.3. The van der Waals surface area contributed by atoms with Crippen LogP contribution in [0.4, 0.5) is 10.1 Å². The van der Waals surface area contributed by atoms with Gasteiger partial charge in [0.15, 0.2) is 5.16 Å². The van der Waals surface area contributed by atoms with E-state index in [1.807, 2.05) is 47.2 Å². The smallest absolute Gasteiger partial charge is 0.231 e. The zero-order valence-corrected chi connectivity index (χ0v) is 17.8. The number of benzene rings is 2. The normalized spacial score (nSPS) is 10.9. The van der Waals surface area contributed by atoms with Gasteiger partial charge in [0.25, 0.3) is 0 Å². The van der Waals surface area contributed by atoms with Gasteiger partial charge in [0.05, 0.1) is 17.8 Å². The zero-order chi connectivity index (χ0) is 20.9. The highest BCUT2D eigenvalue weighted by molar-refractivity contribution is 7.98. The van der Waals surface area contributed by atoms with Crippen LogP contribution in [-0.2, 0) is 17.0 Å². The predicted octanol–water partition coefficient (Wildman–Crippen LogP) is 5.25. The van der Waals surface area contributed by atoms with E-state index in [2.05, 4.69) is 15.3 Å².